The number of benzene rings is 2. The van der Waals surface area contributed by atoms with Crippen LogP contribution in [-0.4, -0.2) is 22.7 Å². The number of aryl methyl sites for hydroxylation is 2. The largest absolute Gasteiger partial charge is 0.506 e. The minimum Gasteiger partial charge on any atom is -0.506 e. The van der Waals surface area contributed by atoms with E-state index in [2.05, 4.69) is 24.5 Å². The van der Waals surface area contributed by atoms with Crippen LogP contribution in [0, 0.1) is 13.8 Å². The van der Waals surface area contributed by atoms with Crippen LogP contribution in [0.3, 0.4) is 0 Å². The number of nitrogens with one attached hydrogen (secondary N) is 2. The van der Waals surface area contributed by atoms with Crippen molar-refractivity contribution >= 4 is 28.9 Å². The first-order valence-electron chi connectivity index (χ1n) is 8.94. The predicted octanol–water partition coefficient (Wildman–Crippen LogP) is 4.41. The molecule has 144 valence electrons. The van der Waals surface area contributed by atoms with E-state index in [4.69, 9.17) is 17.0 Å². The molecule has 0 aliphatic carbocycles. The van der Waals surface area contributed by atoms with Gasteiger partial charge in [0.2, 0.25) is 0 Å². The Balaban J connectivity index is 1.92. The molecule has 27 heavy (non-hydrogen) atoms. The Kier molecular flexibility index (Phi) is 7.19. The van der Waals surface area contributed by atoms with E-state index in [1.54, 1.807) is 6.07 Å². The van der Waals surface area contributed by atoms with E-state index in [1.165, 1.54) is 0 Å². The molecule has 0 saturated carbocycles. The van der Waals surface area contributed by atoms with Gasteiger partial charge in [-0.05, 0) is 67.7 Å². The van der Waals surface area contributed by atoms with Crippen molar-refractivity contribution in [1.29, 1.82) is 0 Å². The normalized spacial score (nSPS) is 11.6. The van der Waals surface area contributed by atoms with Crippen LogP contribution in [0.2, 0.25) is 0 Å². The molecule has 5 nitrogen and oxygen atoms in total. The van der Waals surface area contributed by atoms with Crippen molar-refractivity contribution in [2.75, 3.05) is 11.9 Å². The monoisotopic (exact) mass is 386 g/mol. The molecule has 2 aromatic rings. The minimum atomic E-state index is -0.370. The first-order chi connectivity index (χ1) is 12.8. The van der Waals surface area contributed by atoms with Crippen LogP contribution in [-0.2, 0) is 4.79 Å². The quantitative estimate of drug-likeness (QED) is 0.507. The summed E-state index contributed by atoms with van der Waals surface area (Å²) in [6.45, 7) is 8.00. The Morgan fingerprint density at radius 2 is 1.96 bits per heavy atom. The molecule has 6 heteroatoms. The highest BCUT2D eigenvalue weighted by Crippen LogP contribution is 2.29. The number of phenolic OH excluding ortho intramolecular Hbond substituents is 1. The van der Waals surface area contributed by atoms with Gasteiger partial charge in [-0.25, -0.2) is 0 Å². The fraction of sp³-hybridized carbons (Fsp3) is 0.333. The van der Waals surface area contributed by atoms with E-state index in [1.807, 2.05) is 44.2 Å². The summed E-state index contributed by atoms with van der Waals surface area (Å²) in [5.41, 5.74) is 3.66. The van der Waals surface area contributed by atoms with Crippen LogP contribution in [0.15, 0.2) is 36.4 Å². The molecule has 0 spiro atoms. The Hall–Kier alpha value is -2.60. The predicted molar refractivity (Wildman–Crippen MR) is 113 cm³/mol. The molecule has 0 fully saturated rings. The van der Waals surface area contributed by atoms with Crippen molar-refractivity contribution in [3.63, 3.8) is 0 Å². The first-order valence-corrected chi connectivity index (χ1v) is 9.34. The summed E-state index contributed by atoms with van der Waals surface area (Å²) in [6.07, 6.45) is 0.987. The number of carbonyl (C=O) groups is 1. The van der Waals surface area contributed by atoms with E-state index in [9.17, 15) is 9.90 Å². The minimum absolute atomic E-state index is 0.0742. The maximum atomic E-state index is 12.1. The smallest absolute Gasteiger partial charge is 0.264 e. The zero-order valence-corrected chi connectivity index (χ0v) is 16.9. The number of hydrogen-bond donors (Lipinski definition) is 3. The lowest BCUT2D eigenvalue weighted by atomic mass is 9.98. The third kappa shape index (κ3) is 5.96. The van der Waals surface area contributed by atoms with Gasteiger partial charge in [-0.1, -0.05) is 37.6 Å². The average molecular weight is 387 g/mol. The number of aromatic hydroxyl groups is 1. The molecular formula is C21H26N2O3S. The van der Waals surface area contributed by atoms with Gasteiger partial charge in [-0.3, -0.25) is 10.1 Å². The Labute approximate surface area is 165 Å². The molecule has 0 saturated heterocycles. The third-order valence-corrected chi connectivity index (χ3v) is 4.60. The first kappa shape index (κ1) is 20.7. The third-order valence-electron chi connectivity index (χ3n) is 4.39. The SMILES string of the molecule is CC[C@H](C)c1ccc(O)c(NC(=S)NC(=O)COc2ccc(C)cc2C)c1. The molecule has 0 aliphatic heterocycles. The van der Waals surface area contributed by atoms with Gasteiger partial charge in [0.25, 0.3) is 5.91 Å². The van der Waals surface area contributed by atoms with Crippen LogP contribution in [0.25, 0.3) is 0 Å². The van der Waals surface area contributed by atoms with Crippen LogP contribution in [0.4, 0.5) is 5.69 Å². The summed E-state index contributed by atoms with van der Waals surface area (Å²) in [5.74, 6) is 0.726. The van der Waals surface area contributed by atoms with Gasteiger partial charge in [0.1, 0.15) is 11.5 Å². The van der Waals surface area contributed by atoms with Gasteiger partial charge in [0, 0.05) is 0 Å². The number of thiocarbonyl (C=S) groups is 1. The number of amides is 1. The fourth-order valence-corrected chi connectivity index (χ4v) is 2.84. The Morgan fingerprint density at radius 1 is 1.22 bits per heavy atom. The number of anilines is 1. The number of phenols is 1. The van der Waals surface area contributed by atoms with Crippen LogP contribution in [0.5, 0.6) is 11.5 Å². The summed E-state index contributed by atoms with van der Waals surface area (Å²) in [5, 5.41) is 15.6. The van der Waals surface area contributed by atoms with Gasteiger partial charge >= 0.3 is 0 Å². The van der Waals surface area contributed by atoms with Gasteiger partial charge in [0.05, 0.1) is 5.69 Å². The highest BCUT2D eigenvalue weighted by molar-refractivity contribution is 7.80. The van der Waals surface area contributed by atoms with Crippen molar-refractivity contribution < 1.29 is 14.6 Å². The summed E-state index contributed by atoms with van der Waals surface area (Å²) in [4.78, 5) is 12.1. The topological polar surface area (TPSA) is 70.6 Å². The van der Waals surface area contributed by atoms with E-state index < -0.39 is 0 Å². The highest BCUT2D eigenvalue weighted by atomic mass is 32.1. The second kappa shape index (κ2) is 9.37. The molecule has 0 bridgehead atoms. The number of rotatable bonds is 6. The number of hydrogen-bond acceptors (Lipinski definition) is 4. The molecule has 0 radical (unpaired) electrons. The Bertz CT molecular complexity index is 836. The van der Waals surface area contributed by atoms with Crippen molar-refractivity contribution in [3.05, 3.63) is 53.1 Å². The van der Waals surface area contributed by atoms with Gasteiger partial charge in [0.15, 0.2) is 11.7 Å². The van der Waals surface area contributed by atoms with Crippen molar-refractivity contribution in [1.82, 2.24) is 5.32 Å². The lowest BCUT2D eigenvalue weighted by molar-refractivity contribution is -0.121. The zero-order chi connectivity index (χ0) is 20.0. The van der Waals surface area contributed by atoms with Gasteiger partial charge < -0.3 is 15.2 Å². The molecule has 0 aliphatic rings. The van der Waals surface area contributed by atoms with Crippen LogP contribution in [0.1, 0.15) is 42.9 Å². The summed E-state index contributed by atoms with van der Waals surface area (Å²) in [6, 6.07) is 11.1. The van der Waals surface area contributed by atoms with E-state index in [0.29, 0.717) is 17.4 Å². The van der Waals surface area contributed by atoms with Crippen LogP contribution >= 0.6 is 12.2 Å². The van der Waals surface area contributed by atoms with Crippen molar-refractivity contribution in [3.8, 4) is 11.5 Å². The lowest BCUT2D eigenvalue weighted by Gasteiger charge is -2.15. The lowest BCUT2D eigenvalue weighted by Crippen LogP contribution is -2.37. The number of ether oxygens (including phenoxy) is 1. The maximum absolute atomic E-state index is 12.1. The summed E-state index contributed by atoms with van der Waals surface area (Å²) >= 11 is 5.17. The average Bonchev–Trinajstić information content (AvgIpc) is 2.62. The van der Waals surface area contributed by atoms with Crippen molar-refractivity contribution in [2.24, 2.45) is 0 Å². The van der Waals surface area contributed by atoms with E-state index >= 15 is 0 Å². The molecule has 1 amide bonds. The summed E-state index contributed by atoms with van der Waals surface area (Å²) in [7, 11) is 0. The van der Waals surface area contributed by atoms with Gasteiger partial charge in [-0.15, -0.1) is 0 Å². The second-order valence-electron chi connectivity index (χ2n) is 6.65. The molecule has 0 heterocycles. The molecule has 2 rings (SSSR count). The van der Waals surface area contributed by atoms with Crippen LogP contribution < -0.4 is 15.4 Å². The van der Waals surface area contributed by atoms with E-state index in [-0.39, 0.29) is 23.4 Å². The van der Waals surface area contributed by atoms with Crippen molar-refractivity contribution in [2.45, 2.75) is 40.0 Å². The molecule has 0 aromatic heterocycles. The van der Waals surface area contributed by atoms with E-state index in [0.717, 1.165) is 23.1 Å². The highest BCUT2D eigenvalue weighted by Gasteiger charge is 2.11. The van der Waals surface area contributed by atoms with Gasteiger partial charge in [-0.2, -0.15) is 0 Å². The second-order valence-corrected chi connectivity index (χ2v) is 7.05. The standard InChI is InChI=1S/C21H26N2O3S/c1-5-14(3)16-7-8-18(24)17(11-16)22-21(27)23-20(25)12-26-19-9-6-13(2)10-15(19)4/h6-11,14,24H,5,12H2,1-4H3,(H2,22,23,25,27)/t14-/m0/s1. The molecule has 2 aromatic carbocycles. The molecule has 0 unspecified atom stereocenters. The maximum Gasteiger partial charge on any atom is 0.264 e. The molecule has 3 N–H and O–H groups in total. The summed E-state index contributed by atoms with van der Waals surface area (Å²) < 4.78 is 5.54. The number of carbonyl (C=O) groups excluding carboxylic acids is 1. The molecular weight excluding hydrogens is 360 g/mol. The fourth-order valence-electron chi connectivity index (χ4n) is 2.62. The Morgan fingerprint density at radius 3 is 2.63 bits per heavy atom. The zero-order valence-electron chi connectivity index (χ0n) is 16.1. The molecule has 1 atom stereocenters.